The van der Waals surface area contributed by atoms with E-state index in [0.717, 1.165) is 29.8 Å². The number of anilines is 1. The highest BCUT2D eigenvalue weighted by atomic mass is 35.5. The quantitative estimate of drug-likeness (QED) is 0.331. The second kappa shape index (κ2) is 11.2. The van der Waals surface area contributed by atoms with Crippen LogP contribution in [0, 0.1) is 18.8 Å². The van der Waals surface area contributed by atoms with Crippen LogP contribution in [0.5, 0.6) is 0 Å². The molecule has 1 saturated heterocycles. The van der Waals surface area contributed by atoms with Gasteiger partial charge in [0.05, 0.1) is 22.5 Å². The predicted octanol–water partition coefficient (Wildman–Crippen LogP) is 3.57. The summed E-state index contributed by atoms with van der Waals surface area (Å²) >= 11 is 6.23. The van der Waals surface area contributed by atoms with E-state index in [1.807, 2.05) is 30.0 Å². The van der Waals surface area contributed by atoms with Crippen molar-refractivity contribution in [3.8, 4) is 34.5 Å². The molecular weight excluding hydrogens is 526 g/mol. The van der Waals surface area contributed by atoms with Gasteiger partial charge >= 0.3 is 0 Å². The summed E-state index contributed by atoms with van der Waals surface area (Å²) in [5, 5.41) is 0.529. The van der Waals surface area contributed by atoms with Gasteiger partial charge in [0.25, 0.3) is 11.8 Å². The van der Waals surface area contributed by atoms with Gasteiger partial charge in [-0.25, -0.2) is 9.97 Å². The Bertz CT molecular complexity index is 1660. The van der Waals surface area contributed by atoms with E-state index < -0.39 is 5.91 Å². The Balaban J connectivity index is 1.46. The summed E-state index contributed by atoms with van der Waals surface area (Å²) < 4.78 is 0. The third-order valence-corrected chi connectivity index (χ3v) is 7.11. The maximum Gasteiger partial charge on any atom is 0.253 e. The van der Waals surface area contributed by atoms with Crippen molar-refractivity contribution in [3.63, 3.8) is 0 Å². The predicted molar refractivity (Wildman–Crippen MR) is 156 cm³/mol. The first-order valence-corrected chi connectivity index (χ1v) is 13.1. The molecule has 10 heteroatoms. The van der Waals surface area contributed by atoms with Gasteiger partial charge in [-0.1, -0.05) is 29.5 Å². The number of nitrogens with zero attached hydrogens (tertiary/aromatic N) is 4. The Hall–Kier alpha value is -4.65. The zero-order valence-electron chi connectivity index (χ0n) is 22.2. The number of halogens is 1. The van der Waals surface area contributed by atoms with Crippen molar-refractivity contribution in [1.29, 1.82) is 0 Å². The number of hydrogen-bond acceptors (Lipinski definition) is 6. The lowest BCUT2D eigenvalue weighted by Gasteiger charge is -2.32. The number of likely N-dealkylation sites (N-methyl/N-ethyl adjacent to an activating group) is 1. The highest BCUT2D eigenvalue weighted by molar-refractivity contribution is 6.31. The lowest BCUT2D eigenvalue weighted by molar-refractivity contribution is 0.0664. The number of aromatic nitrogens is 3. The van der Waals surface area contributed by atoms with Crippen molar-refractivity contribution in [2.45, 2.75) is 6.92 Å². The van der Waals surface area contributed by atoms with Gasteiger partial charge in [-0.2, -0.15) is 0 Å². The average molecular weight is 554 g/mol. The second-order valence-corrected chi connectivity index (χ2v) is 10.1. The zero-order valence-corrected chi connectivity index (χ0v) is 22.9. The molecular formula is C30H28ClN7O2. The highest BCUT2D eigenvalue weighted by Gasteiger charge is 2.21. The summed E-state index contributed by atoms with van der Waals surface area (Å²) in [6.07, 6.45) is 1.53. The molecule has 0 saturated carbocycles. The number of rotatable bonds is 4. The monoisotopic (exact) mass is 553 g/mol. The number of carbonyl (C=O) groups is 2. The summed E-state index contributed by atoms with van der Waals surface area (Å²) in [6, 6.07) is 14.2. The van der Waals surface area contributed by atoms with Crippen molar-refractivity contribution in [2.75, 3.05) is 39.0 Å². The van der Waals surface area contributed by atoms with E-state index in [1.165, 1.54) is 6.20 Å². The molecule has 3 heterocycles. The largest absolute Gasteiger partial charge is 0.368 e. The van der Waals surface area contributed by atoms with E-state index in [9.17, 15) is 9.59 Å². The number of aryl methyl sites for hydroxylation is 1. The van der Waals surface area contributed by atoms with Gasteiger partial charge in [0.1, 0.15) is 5.69 Å². The van der Waals surface area contributed by atoms with E-state index in [-0.39, 0.29) is 17.4 Å². The molecule has 1 fully saturated rings. The van der Waals surface area contributed by atoms with E-state index in [0.29, 0.717) is 46.3 Å². The first-order chi connectivity index (χ1) is 19.2. The summed E-state index contributed by atoms with van der Waals surface area (Å²) in [5.41, 5.74) is 16.9. The molecule has 1 aliphatic heterocycles. The van der Waals surface area contributed by atoms with Crippen LogP contribution in [0.4, 0.5) is 5.95 Å². The molecule has 5 N–H and O–H groups in total. The number of nitrogens with one attached hydrogen (secondary N) is 1. The molecule has 0 atom stereocenters. The Morgan fingerprint density at radius 1 is 1.02 bits per heavy atom. The zero-order chi connectivity index (χ0) is 28.4. The van der Waals surface area contributed by atoms with Gasteiger partial charge in [-0.15, -0.1) is 0 Å². The molecule has 0 spiro atoms. The number of H-pyrrole nitrogens is 1. The number of primary amides is 1. The van der Waals surface area contributed by atoms with Crippen molar-refractivity contribution in [2.24, 2.45) is 5.73 Å². The fraction of sp³-hybridized carbons (Fsp3) is 0.200. The van der Waals surface area contributed by atoms with Crippen molar-refractivity contribution < 1.29 is 9.59 Å². The van der Waals surface area contributed by atoms with E-state index in [2.05, 4.69) is 38.7 Å². The maximum absolute atomic E-state index is 12.8. The molecule has 9 nitrogen and oxygen atoms in total. The third kappa shape index (κ3) is 5.69. The molecule has 2 aromatic heterocycles. The molecule has 40 heavy (non-hydrogen) atoms. The Labute approximate surface area is 237 Å². The Morgan fingerprint density at radius 3 is 2.45 bits per heavy atom. The van der Waals surface area contributed by atoms with Gasteiger partial charge in [0, 0.05) is 54.1 Å². The molecule has 202 valence electrons. The third-order valence-electron chi connectivity index (χ3n) is 6.88. The Morgan fingerprint density at radius 2 is 1.75 bits per heavy atom. The fourth-order valence-corrected chi connectivity index (χ4v) is 4.74. The summed E-state index contributed by atoms with van der Waals surface area (Å²) in [4.78, 5) is 41.0. The molecule has 1 aliphatic rings. The van der Waals surface area contributed by atoms with Gasteiger partial charge in [0.2, 0.25) is 5.95 Å². The molecule has 0 bridgehead atoms. The van der Waals surface area contributed by atoms with Gasteiger partial charge in [-0.3, -0.25) is 9.59 Å². The van der Waals surface area contributed by atoms with Crippen LogP contribution in [0.1, 0.15) is 37.4 Å². The number of amides is 2. The number of benzene rings is 2. The summed E-state index contributed by atoms with van der Waals surface area (Å²) in [7, 11) is 2.05. The van der Waals surface area contributed by atoms with Gasteiger partial charge < -0.3 is 26.3 Å². The van der Waals surface area contributed by atoms with Crippen LogP contribution in [0.25, 0.3) is 22.6 Å². The highest BCUT2D eigenvalue weighted by Crippen LogP contribution is 2.33. The fourth-order valence-electron chi connectivity index (χ4n) is 4.57. The number of carbonyl (C=O) groups excluding carboxylic acids is 2. The van der Waals surface area contributed by atoms with Crippen LogP contribution >= 0.6 is 11.6 Å². The normalized spacial score (nSPS) is 13.5. The summed E-state index contributed by atoms with van der Waals surface area (Å²) in [6.45, 7) is 5.07. The Kier molecular flexibility index (Phi) is 7.56. The molecule has 2 amide bonds. The average Bonchev–Trinajstić information content (AvgIpc) is 3.40. The minimum atomic E-state index is -0.599. The lowest BCUT2D eigenvalue weighted by atomic mass is 10.0. The van der Waals surface area contributed by atoms with Crippen molar-refractivity contribution in [1.82, 2.24) is 24.8 Å². The number of nitrogens with two attached hydrogens (primary N) is 2. The van der Waals surface area contributed by atoms with Crippen LogP contribution in [-0.2, 0) is 0 Å². The molecule has 4 aromatic rings. The van der Waals surface area contributed by atoms with Crippen LogP contribution in [0.15, 0.2) is 54.7 Å². The maximum atomic E-state index is 12.8. The van der Waals surface area contributed by atoms with Crippen LogP contribution in [0.2, 0.25) is 5.02 Å². The van der Waals surface area contributed by atoms with Gasteiger partial charge in [0.15, 0.2) is 0 Å². The molecule has 0 radical (unpaired) electrons. The summed E-state index contributed by atoms with van der Waals surface area (Å²) in [5.74, 6) is 5.69. The number of piperazine rings is 1. The smallest absolute Gasteiger partial charge is 0.253 e. The first kappa shape index (κ1) is 26.9. The van der Waals surface area contributed by atoms with Gasteiger partial charge in [-0.05, 0) is 62.0 Å². The van der Waals surface area contributed by atoms with Crippen molar-refractivity contribution >= 4 is 29.4 Å². The SMILES string of the molecule is Cc1ccc(Cl)cc1-c1[nH]c(-c2nc(N)ncc2C#Cc2ccc(C(=O)N3CCN(C)CC3)cc2)cc1C(N)=O. The van der Waals surface area contributed by atoms with E-state index in [4.69, 9.17) is 23.1 Å². The number of aromatic amines is 1. The minimum Gasteiger partial charge on any atom is -0.368 e. The molecule has 2 aromatic carbocycles. The van der Waals surface area contributed by atoms with E-state index in [1.54, 1.807) is 30.3 Å². The minimum absolute atomic E-state index is 0.0181. The molecule has 0 unspecified atom stereocenters. The van der Waals surface area contributed by atoms with E-state index >= 15 is 0 Å². The molecule has 5 rings (SSSR count). The van der Waals surface area contributed by atoms with Crippen LogP contribution in [-0.4, -0.2) is 69.8 Å². The van der Waals surface area contributed by atoms with Crippen molar-refractivity contribution in [3.05, 3.63) is 87.6 Å². The number of nitrogen functional groups attached to an aromatic ring is 1. The first-order valence-electron chi connectivity index (χ1n) is 12.7. The molecule has 0 aliphatic carbocycles. The number of hydrogen-bond donors (Lipinski definition) is 3. The standard InChI is InChI=1S/C30H28ClN7O2/c1-18-3-10-22(31)15-23(18)27-24(28(32)39)16-25(35-27)26-21(17-34-30(33)36-26)9-6-19-4-7-20(8-5-19)29(40)38-13-11-37(2)12-14-38/h3-5,7-8,10,15-17,35H,11-14H2,1-2H3,(H2,32,39)(H2,33,34,36). The van der Waals surface area contributed by atoms with Crippen LogP contribution in [0.3, 0.4) is 0 Å². The lowest BCUT2D eigenvalue weighted by Crippen LogP contribution is -2.47. The second-order valence-electron chi connectivity index (χ2n) is 9.71. The van der Waals surface area contributed by atoms with Crippen LogP contribution < -0.4 is 11.5 Å². The topological polar surface area (TPSA) is 134 Å².